The highest BCUT2D eigenvalue weighted by molar-refractivity contribution is 5.92. The number of rotatable bonds is 3. The van der Waals surface area contributed by atoms with E-state index >= 15 is 0 Å². The fourth-order valence-corrected chi connectivity index (χ4v) is 5.12. The van der Waals surface area contributed by atoms with E-state index in [9.17, 15) is 9.59 Å². The van der Waals surface area contributed by atoms with Gasteiger partial charge >= 0.3 is 12.1 Å². The summed E-state index contributed by atoms with van der Waals surface area (Å²) in [6.07, 6.45) is 1.39. The molecule has 0 unspecified atom stereocenters. The second kappa shape index (κ2) is 8.92. The molecule has 0 aliphatic carbocycles. The second-order valence-corrected chi connectivity index (χ2v) is 9.05. The summed E-state index contributed by atoms with van der Waals surface area (Å²) < 4.78 is 29.4. The Bertz CT molecular complexity index is 1070. The molecule has 5 rings (SSSR count). The van der Waals surface area contributed by atoms with Crippen LogP contribution in [0.4, 0.5) is 4.79 Å². The summed E-state index contributed by atoms with van der Waals surface area (Å²) in [4.78, 5) is 26.7. The number of likely N-dealkylation sites (tertiary alicyclic amines) is 1. The van der Waals surface area contributed by atoms with Crippen molar-refractivity contribution >= 4 is 12.1 Å². The molecule has 34 heavy (non-hydrogen) atoms. The Morgan fingerprint density at radius 2 is 1.74 bits per heavy atom. The van der Waals surface area contributed by atoms with E-state index in [1.807, 2.05) is 43.3 Å². The number of benzene rings is 2. The van der Waals surface area contributed by atoms with Gasteiger partial charge in [0.25, 0.3) is 0 Å². The van der Waals surface area contributed by atoms with Crippen molar-refractivity contribution in [3.8, 4) is 5.75 Å². The lowest BCUT2D eigenvalue weighted by Gasteiger charge is -2.49. The molecule has 0 bridgehead atoms. The summed E-state index contributed by atoms with van der Waals surface area (Å²) in [7, 11) is 1.36. The van der Waals surface area contributed by atoms with E-state index in [-0.39, 0.29) is 12.7 Å². The van der Waals surface area contributed by atoms with Crippen molar-refractivity contribution in [1.29, 1.82) is 0 Å². The molecule has 2 aromatic carbocycles. The minimum Gasteiger partial charge on any atom is -0.486 e. The first-order valence-electron chi connectivity index (χ1n) is 11.6. The van der Waals surface area contributed by atoms with Gasteiger partial charge in [-0.1, -0.05) is 30.3 Å². The zero-order valence-electron chi connectivity index (χ0n) is 19.5. The van der Waals surface area contributed by atoms with Crippen molar-refractivity contribution < 1.29 is 33.3 Å². The Hall–Kier alpha value is -3.10. The van der Waals surface area contributed by atoms with Gasteiger partial charge in [0.2, 0.25) is 5.79 Å². The number of fused-ring (bicyclic) bond motifs is 2. The number of nitrogens with zero attached hydrogens (tertiary/aromatic N) is 1. The standard InChI is InChI=1S/C26H29NO7/c1-18-20(23(28)30-2)8-9-21-22(18)34-25(17-26(21)32-14-15-33-26)10-12-27(13-11-25)24(29)31-16-19-6-4-3-5-7-19/h3-9H,10-17H2,1-2H3. The lowest BCUT2D eigenvalue weighted by molar-refractivity contribution is -0.219. The molecule has 2 aromatic rings. The molecule has 0 radical (unpaired) electrons. The van der Waals surface area contributed by atoms with Crippen molar-refractivity contribution in [1.82, 2.24) is 4.90 Å². The van der Waals surface area contributed by atoms with Gasteiger partial charge < -0.3 is 28.6 Å². The molecule has 2 fully saturated rings. The lowest BCUT2D eigenvalue weighted by atomic mass is 9.79. The van der Waals surface area contributed by atoms with Gasteiger partial charge in [-0.3, -0.25) is 0 Å². The SMILES string of the molecule is COC(=O)c1ccc2c(c1C)OC1(CCN(C(=O)OCc3ccccc3)CC1)CC21OCCO1. The number of esters is 1. The lowest BCUT2D eigenvalue weighted by Crippen LogP contribution is -2.55. The normalized spacial score (nSPS) is 20.0. The van der Waals surface area contributed by atoms with E-state index in [1.54, 1.807) is 11.0 Å². The van der Waals surface area contributed by atoms with Crippen LogP contribution in [0.2, 0.25) is 0 Å². The van der Waals surface area contributed by atoms with E-state index in [0.29, 0.717) is 62.4 Å². The first-order valence-corrected chi connectivity index (χ1v) is 11.6. The Morgan fingerprint density at radius 1 is 1.03 bits per heavy atom. The monoisotopic (exact) mass is 467 g/mol. The van der Waals surface area contributed by atoms with Gasteiger partial charge in [-0.05, 0) is 24.6 Å². The number of ether oxygens (including phenoxy) is 5. The molecule has 3 aliphatic rings. The molecule has 0 saturated carbocycles. The van der Waals surface area contributed by atoms with Crippen molar-refractivity contribution in [3.63, 3.8) is 0 Å². The van der Waals surface area contributed by atoms with Crippen LogP contribution in [-0.4, -0.2) is 56.0 Å². The Balaban J connectivity index is 1.34. The van der Waals surface area contributed by atoms with Crippen molar-refractivity contribution in [2.75, 3.05) is 33.4 Å². The van der Waals surface area contributed by atoms with Gasteiger partial charge in [-0.2, -0.15) is 0 Å². The van der Waals surface area contributed by atoms with Crippen LogP contribution >= 0.6 is 0 Å². The summed E-state index contributed by atoms with van der Waals surface area (Å²) in [5.74, 6) is -0.721. The third-order valence-corrected chi connectivity index (χ3v) is 6.99. The smallest absolute Gasteiger partial charge is 0.410 e. The fraction of sp³-hybridized carbons (Fsp3) is 0.462. The first-order chi connectivity index (χ1) is 16.5. The summed E-state index contributed by atoms with van der Waals surface area (Å²) in [6, 6.07) is 13.2. The second-order valence-electron chi connectivity index (χ2n) is 9.05. The van der Waals surface area contributed by atoms with Gasteiger partial charge in [0, 0.05) is 37.9 Å². The molecule has 1 amide bonds. The van der Waals surface area contributed by atoms with E-state index in [1.165, 1.54) is 7.11 Å². The van der Waals surface area contributed by atoms with Crippen LogP contribution in [0.25, 0.3) is 0 Å². The van der Waals surface area contributed by atoms with Gasteiger partial charge in [-0.15, -0.1) is 0 Å². The zero-order valence-corrected chi connectivity index (χ0v) is 19.5. The molecule has 180 valence electrons. The number of hydrogen-bond acceptors (Lipinski definition) is 7. The molecule has 2 spiro atoms. The molecule has 0 aromatic heterocycles. The van der Waals surface area contributed by atoms with E-state index in [0.717, 1.165) is 11.1 Å². The maximum absolute atomic E-state index is 12.7. The first kappa shape index (κ1) is 22.7. The Morgan fingerprint density at radius 3 is 2.41 bits per heavy atom. The largest absolute Gasteiger partial charge is 0.486 e. The van der Waals surface area contributed by atoms with Gasteiger partial charge in [0.05, 0.1) is 31.5 Å². The molecule has 0 N–H and O–H groups in total. The van der Waals surface area contributed by atoms with E-state index in [4.69, 9.17) is 23.7 Å². The highest BCUT2D eigenvalue weighted by Gasteiger charge is 2.55. The molecular weight excluding hydrogens is 438 g/mol. The Kier molecular flexibility index (Phi) is 5.95. The zero-order chi connectivity index (χ0) is 23.8. The molecule has 0 atom stereocenters. The van der Waals surface area contributed by atoms with Crippen molar-refractivity contribution in [2.45, 2.75) is 44.2 Å². The van der Waals surface area contributed by atoms with Gasteiger partial charge in [-0.25, -0.2) is 9.59 Å². The fourth-order valence-electron chi connectivity index (χ4n) is 5.12. The predicted molar refractivity (Wildman–Crippen MR) is 122 cm³/mol. The molecule has 3 aliphatic heterocycles. The highest BCUT2D eigenvalue weighted by atomic mass is 16.7. The number of amides is 1. The summed E-state index contributed by atoms with van der Waals surface area (Å²) >= 11 is 0. The minimum absolute atomic E-state index is 0.242. The van der Waals surface area contributed by atoms with E-state index in [2.05, 4.69) is 0 Å². The van der Waals surface area contributed by atoms with Gasteiger partial charge in [0.1, 0.15) is 18.0 Å². The summed E-state index contributed by atoms with van der Waals surface area (Å²) in [5.41, 5.74) is 2.32. The highest BCUT2D eigenvalue weighted by Crippen LogP contribution is 2.52. The molecule has 3 heterocycles. The predicted octanol–water partition coefficient (Wildman–Crippen LogP) is 3.94. The van der Waals surface area contributed by atoms with Gasteiger partial charge in [0.15, 0.2) is 0 Å². The number of methoxy groups -OCH3 is 1. The van der Waals surface area contributed by atoms with Crippen LogP contribution in [0.1, 0.15) is 46.3 Å². The number of carbonyl (C=O) groups is 2. The third kappa shape index (κ3) is 4.01. The molecule has 8 nitrogen and oxygen atoms in total. The van der Waals surface area contributed by atoms with Crippen LogP contribution < -0.4 is 4.74 Å². The number of hydrogen-bond donors (Lipinski definition) is 0. The average Bonchev–Trinajstić information content (AvgIpc) is 3.32. The topological polar surface area (TPSA) is 83.5 Å². The van der Waals surface area contributed by atoms with Crippen LogP contribution in [0, 0.1) is 6.92 Å². The number of piperidine rings is 1. The molecular formula is C26H29NO7. The summed E-state index contributed by atoms with van der Waals surface area (Å²) in [5, 5.41) is 0. The maximum atomic E-state index is 12.7. The molecule has 2 saturated heterocycles. The molecule has 8 heteroatoms. The minimum atomic E-state index is -0.914. The number of carbonyl (C=O) groups excluding carboxylic acids is 2. The average molecular weight is 468 g/mol. The van der Waals surface area contributed by atoms with Crippen LogP contribution in [0.3, 0.4) is 0 Å². The van der Waals surface area contributed by atoms with Crippen molar-refractivity contribution in [3.05, 3.63) is 64.7 Å². The van der Waals surface area contributed by atoms with Crippen LogP contribution in [0.15, 0.2) is 42.5 Å². The van der Waals surface area contributed by atoms with Crippen molar-refractivity contribution in [2.24, 2.45) is 0 Å². The quantitative estimate of drug-likeness (QED) is 0.633. The summed E-state index contributed by atoms with van der Waals surface area (Å²) in [6.45, 7) is 4.06. The van der Waals surface area contributed by atoms with Crippen LogP contribution in [0.5, 0.6) is 5.75 Å². The Labute approximate surface area is 198 Å². The van der Waals surface area contributed by atoms with Crippen LogP contribution in [-0.2, 0) is 31.3 Å². The van der Waals surface area contributed by atoms with E-state index < -0.39 is 17.4 Å². The maximum Gasteiger partial charge on any atom is 0.410 e. The third-order valence-electron chi connectivity index (χ3n) is 6.99.